The highest BCUT2D eigenvalue weighted by Gasteiger charge is 2.25. The van der Waals surface area contributed by atoms with Gasteiger partial charge in [0.15, 0.2) is 5.82 Å². The van der Waals surface area contributed by atoms with Gasteiger partial charge in [-0.1, -0.05) is 36.8 Å². The van der Waals surface area contributed by atoms with Crippen LogP contribution in [-0.2, 0) is 24.2 Å². The van der Waals surface area contributed by atoms with Gasteiger partial charge in [-0.3, -0.25) is 9.59 Å². The van der Waals surface area contributed by atoms with E-state index in [1.807, 2.05) is 42.7 Å². The summed E-state index contributed by atoms with van der Waals surface area (Å²) in [5, 5.41) is 7.36. The molecule has 1 aromatic carbocycles. The topological polar surface area (TPSA) is 81.3 Å². The molecule has 3 aromatic rings. The highest BCUT2D eigenvalue weighted by atomic mass is 16.2. The lowest BCUT2D eigenvalue weighted by Gasteiger charge is -2.13. The number of nitrogens with one attached hydrogen (secondary N) is 1. The molecule has 27 heavy (non-hydrogen) atoms. The number of hydrogen-bond donors (Lipinski definition) is 1. The van der Waals surface area contributed by atoms with E-state index in [0.717, 1.165) is 48.1 Å². The van der Waals surface area contributed by atoms with E-state index in [-0.39, 0.29) is 18.0 Å². The second-order valence-electron chi connectivity index (χ2n) is 7.03. The molecule has 0 saturated carbocycles. The normalized spacial score (nSPS) is 13.1. The second-order valence-corrected chi connectivity index (χ2v) is 7.03. The standard InChI is InChI=1S/C20H23N5O2/c1-3-11-21-17(26)12-24-16-6-4-5-15(16)19(27)25-20(24)22-18(23-25)14-9-7-13(2)8-10-14/h7-10H,3-6,11-12H2,1-2H3,(H,21,26). The molecule has 4 rings (SSSR count). The number of benzene rings is 1. The molecule has 0 radical (unpaired) electrons. The zero-order valence-electron chi connectivity index (χ0n) is 15.7. The molecule has 7 heteroatoms. The fraction of sp³-hybridized carbons (Fsp3) is 0.400. The Kier molecular flexibility index (Phi) is 4.51. The molecule has 1 aliphatic rings. The fourth-order valence-corrected chi connectivity index (χ4v) is 3.57. The molecule has 7 nitrogen and oxygen atoms in total. The van der Waals surface area contributed by atoms with Crippen molar-refractivity contribution >= 4 is 11.7 Å². The first-order chi connectivity index (χ1) is 13.1. The number of carbonyl (C=O) groups excluding carboxylic acids is 1. The van der Waals surface area contributed by atoms with Crippen molar-refractivity contribution in [1.29, 1.82) is 0 Å². The Morgan fingerprint density at radius 1 is 1.22 bits per heavy atom. The van der Waals surface area contributed by atoms with E-state index in [2.05, 4.69) is 15.4 Å². The summed E-state index contributed by atoms with van der Waals surface area (Å²) in [6.45, 7) is 4.82. The van der Waals surface area contributed by atoms with Crippen molar-refractivity contribution in [2.45, 2.75) is 46.1 Å². The van der Waals surface area contributed by atoms with E-state index in [0.29, 0.717) is 18.1 Å². The van der Waals surface area contributed by atoms with Crippen molar-refractivity contribution in [2.75, 3.05) is 6.54 Å². The zero-order valence-corrected chi connectivity index (χ0v) is 15.7. The monoisotopic (exact) mass is 365 g/mol. The molecule has 1 aliphatic carbocycles. The van der Waals surface area contributed by atoms with Crippen LogP contribution in [0.5, 0.6) is 0 Å². The summed E-state index contributed by atoms with van der Waals surface area (Å²) in [6, 6.07) is 7.87. The molecule has 1 N–H and O–H groups in total. The number of nitrogens with zero attached hydrogens (tertiary/aromatic N) is 4. The van der Waals surface area contributed by atoms with Gasteiger partial charge in [0.1, 0.15) is 6.54 Å². The third-order valence-electron chi connectivity index (χ3n) is 4.98. The minimum absolute atomic E-state index is 0.0728. The van der Waals surface area contributed by atoms with E-state index < -0.39 is 0 Å². The summed E-state index contributed by atoms with van der Waals surface area (Å²) in [4.78, 5) is 29.8. The van der Waals surface area contributed by atoms with Crippen molar-refractivity contribution < 1.29 is 4.79 Å². The summed E-state index contributed by atoms with van der Waals surface area (Å²) < 4.78 is 3.21. The molecule has 0 atom stereocenters. The van der Waals surface area contributed by atoms with E-state index in [1.165, 1.54) is 4.52 Å². The van der Waals surface area contributed by atoms with Crippen LogP contribution in [0, 0.1) is 6.92 Å². The van der Waals surface area contributed by atoms with Crippen molar-refractivity contribution in [3.8, 4) is 11.4 Å². The van der Waals surface area contributed by atoms with Gasteiger partial charge in [-0.2, -0.15) is 9.50 Å². The maximum atomic E-state index is 12.9. The number of carbonyl (C=O) groups is 1. The Morgan fingerprint density at radius 3 is 2.74 bits per heavy atom. The maximum absolute atomic E-state index is 12.9. The Bertz CT molecular complexity index is 1060. The Morgan fingerprint density at radius 2 is 2.00 bits per heavy atom. The molecule has 0 unspecified atom stereocenters. The van der Waals surface area contributed by atoms with Gasteiger partial charge in [0, 0.05) is 23.4 Å². The lowest BCUT2D eigenvalue weighted by atomic mass is 10.1. The molecule has 0 spiro atoms. The Labute approximate surface area is 157 Å². The van der Waals surface area contributed by atoms with Crippen LogP contribution < -0.4 is 10.9 Å². The summed E-state index contributed by atoms with van der Waals surface area (Å²) >= 11 is 0. The van der Waals surface area contributed by atoms with E-state index >= 15 is 0 Å². The first kappa shape index (κ1) is 17.5. The molecule has 1 amide bonds. The molecule has 0 aliphatic heterocycles. The number of hydrogen-bond acceptors (Lipinski definition) is 4. The highest BCUT2D eigenvalue weighted by molar-refractivity contribution is 5.76. The third kappa shape index (κ3) is 3.13. The largest absolute Gasteiger partial charge is 0.355 e. The van der Waals surface area contributed by atoms with Crippen LogP contribution in [-0.4, -0.2) is 31.6 Å². The lowest BCUT2D eigenvalue weighted by molar-refractivity contribution is -0.121. The van der Waals surface area contributed by atoms with Crippen molar-refractivity contribution in [3.05, 3.63) is 51.4 Å². The molecule has 2 heterocycles. The number of amides is 1. The Hall–Kier alpha value is -2.96. The zero-order chi connectivity index (χ0) is 19.0. The molecular formula is C20H23N5O2. The van der Waals surface area contributed by atoms with Crippen molar-refractivity contribution in [2.24, 2.45) is 0 Å². The number of aryl methyl sites for hydroxylation is 1. The van der Waals surface area contributed by atoms with E-state index in [1.54, 1.807) is 0 Å². The van der Waals surface area contributed by atoms with Gasteiger partial charge in [0.2, 0.25) is 11.7 Å². The van der Waals surface area contributed by atoms with E-state index in [4.69, 9.17) is 0 Å². The molecular weight excluding hydrogens is 342 g/mol. The molecule has 0 saturated heterocycles. The van der Waals surface area contributed by atoms with Gasteiger partial charge in [-0.25, -0.2) is 0 Å². The molecule has 140 valence electrons. The minimum Gasteiger partial charge on any atom is -0.355 e. The Balaban J connectivity index is 1.85. The van der Waals surface area contributed by atoms with Crippen LogP contribution >= 0.6 is 0 Å². The maximum Gasteiger partial charge on any atom is 0.279 e. The number of aromatic nitrogens is 4. The van der Waals surface area contributed by atoms with Gasteiger partial charge in [0.05, 0.1) is 0 Å². The second kappa shape index (κ2) is 6.98. The number of fused-ring (bicyclic) bond motifs is 2. The number of rotatable bonds is 5. The lowest BCUT2D eigenvalue weighted by Crippen LogP contribution is -2.32. The summed E-state index contributed by atoms with van der Waals surface area (Å²) in [6.07, 6.45) is 3.31. The average Bonchev–Trinajstić information content (AvgIpc) is 3.32. The van der Waals surface area contributed by atoms with Crippen LogP contribution in [0.15, 0.2) is 29.1 Å². The minimum atomic E-state index is -0.117. The van der Waals surface area contributed by atoms with Crippen molar-refractivity contribution in [1.82, 2.24) is 24.5 Å². The van der Waals surface area contributed by atoms with Gasteiger partial charge in [0.25, 0.3) is 5.56 Å². The van der Waals surface area contributed by atoms with Gasteiger partial charge < -0.3 is 9.88 Å². The van der Waals surface area contributed by atoms with Crippen LogP contribution in [0.25, 0.3) is 17.2 Å². The van der Waals surface area contributed by atoms with Gasteiger partial charge in [-0.05, 0) is 32.6 Å². The fourth-order valence-electron chi connectivity index (χ4n) is 3.57. The van der Waals surface area contributed by atoms with Crippen LogP contribution in [0.1, 0.15) is 36.6 Å². The third-order valence-corrected chi connectivity index (χ3v) is 4.98. The first-order valence-electron chi connectivity index (χ1n) is 9.43. The SMILES string of the molecule is CCCNC(=O)Cn1c2c(c(=O)n3nc(-c4ccc(C)cc4)nc13)CCC2. The predicted octanol–water partition coefficient (Wildman–Crippen LogP) is 1.88. The van der Waals surface area contributed by atoms with Crippen LogP contribution in [0.2, 0.25) is 0 Å². The molecule has 2 aromatic heterocycles. The van der Waals surface area contributed by atoms with Gasteiger partial charge >= 0.3 is 0 Å². The van der Waals surface area contributed by atoms with Gasteiger partial charge in [-0.15, -0.1) is 5.10 Å². The summed E-state index contributed by atoms with van der Waals surface area (Å²) in [5.74, 6) is 0.859. The van der Waals surface area contributed by atoms with Crippen molar-refractivity contribution in [3.63, 3.8) is 0 Å². The van der Waals surface area contributed by atoms with E-state index in [9.17, 15) is 9.59 Å². The van der Waals surface area contributed by atoms with Crippen LogP contribution in [0.4, 0.5) is 0 Å². The molecule has 0 fully saturated rings. The highest BCUT2D eigenvalue weighted by Crippen LogP contribution is 2.22. The average molecular weight is 365 g/mol. The quantitative estimate of drug-likeness (QED) is 0.749. The van der Waals surface area contributed by atoms with Crippen LogP contribution in [0.3, 0.4) is 0 Å². The summed E-state index contributed by atoms with van der Waals surface area (Å²) in [5.41, 5.74) is 3.56. The summed E-state index contributed by atoms with van der Waals surface area (Å²) in [7, 11) is 0. The molecule has 0 bridgehead atoms. The first-order valence-corrected chi connectivity index (χ1v) is 9.43. The predicted molar refractivity (Wildman–Crippen MR) is 103 cm³/mol. The smallest absolute Gasteiger partial charge is 0.279 e.